The lowest BCUT2D eigenvalue weighted by Crippen LogP contribution is -2.32. The van der Waals surface area contributed by atoms with Crippen molar-refractivity contribution in [3.05, 3.63) is 53.2 Å². The Bertz CT molecular complexity index is 712. The summed E-state index contributed by atoms with van der Waals surface area (Å²) in [6.07, 6.45) is 5.21. The number of fused-ring (bicyclic) bond motifs is 1. The highest BCUT2D eigenvalue weighted by molar-refractivity contribution is 5.94. The van der Waals surface area contributed by atoms with Gasteiger partial charge < -0.3 is 10.1 Å². The molecule has 0 radical (unpaired) electrons. The lowest BCUT2D eigenvalue weighted by Gasteiger charge is -2.18. The van der Waals surface area contributed by atoms with Gasteiger partial charge in [0.05, 0.1) is 0 Å². The molecule has 120 valence electrons. The van der Waals surface area contributed by atoms with Gasteiger partial charge in [0.1, 0.15) is 11.6 Å². The van der Waals surface area contributed by atoms with Crippen LogP contribution < -0.4 is 10.1 Å². The molecular weight excluding hydrogens is 288 g/mol. The summed E-state index contributed by atoms with van der Waals surface area (Å²) in [5.74, 6) is 1.20. The molecule has 0 spiro atoms. The number of carbonyl (C=O) groups is 1. The number of pyridine rings is 1. The zero-order valence-corrected chi connectivity index (χ0v) is 13.6. The summed E-state index contributed by atoms with van der Waals surface area (Å²) in [5.41, 5.74) is 3.69. The number of ether oxygens (including phenoxy) is 1. The molecule has 23 heavy (non-hydrogen) atoms. The molecule has 0 aliphatic heterocycles. The van der Waals surface area contributed by atoms with Gasteiger partial charge in [-0.3, -0.25) is 4.79 Å². The van der Waals surface area contributed by atoms with Crippen LogP contribution in [0.15, 0.2) is 36.5 Å². The van der Waals surface area contributed by atoms with Gasteiger partial charge in [-0.25, -0.2) is 4.98 Å². The summed E-state index contributed by atoms with van der Waals surface area (Å²) in [7, 11) is 0. The molecule has 1 N–H and O–H groups in total. The molecule has 0 bridgehead atoms. The first-order valence-electron chi connectivity index (χ1n) is 8.18. The molecule has 1 aromatic carbocycles. The molecule has 0 fully saturated rings. The summed E-state index contributed by atoms with van der Waals surface area (Å²) in [5, 5.41) is 2.86. The van der Waals surface area contributed by atoms with E-state index in [1.165, 1.54) is 17.5 Å². The molecule has 4 nitrogen and oxygen atoms in total. The second-order valence-electron chi connectivity index (χ2n) is 5.96. The van der Waals surface area contributed by atoms with Crippen molar-refractivity contribution in [1.82, 2.24) is 4.98 Å². The zero-order chi connectivity index (χ0) is 16.2. The molecule has 1 amide bonds. The number of hydrogen-bond acceptors (Lipinski definition) is 3. The lowest BCUT2D eigenvalue weighted by atomic mass is 10.1. The van der Waals surface area contributed by atoms with Crippen LogP contribution in [0.4, 0.5) is 5.82 Å². The van der Waals surface area contributed by atoms with Crippen molar-refractivity contribution in [2.75, 3.05) is 5.32 Å². The van der Waals surface area contributed by atoms with E-state index in [-0.39, 0.29) is 5.91 Å². The van der Waals surface area contributed by atoms with Gasteiger partial charge in [-0.15, -0.1) is 0 Å². The van der Waals surface area contributed by atoms with Crippen molar-refractivity contribution in [3.8, 4) is 5.75 Å². The van der Waals surface area contributed by atoms with Crippen molar-refractivity contribution in [1.29, 1.82) is 0 Å². The highest BCUT2D eigenvalue weighted by atomic mass is 16.5. The Morgan fingerprint density at radius 3 is 2.91 bits per heavy atom. The van der Waals surface area contributed by atoms with Gasteiger partial charge in [0.25, 0.3) is 5.91 Å². The fourth-order valence-corrected chi connectivity index (χ4v) is 2.92. The van der Waals surface area contributed by atoms with Crippen LogP contribution in [-0.4, -0.2) is 17.0 Å². The van der Waals surface area contributed by atoms with Crippen molar-refractivity contribution in [2.45, 2.75) is 45.6 Å². The van der Waals surface area contributed by atoms with Crippen LogP contribution >= 0.6 is 0 Å². The third kappa shape index (κ3) is 3.52. The van der Waals surface area contributed by atoms with Crippen molar-refractivity contribution >= 4 is 11.7 Å². The fourth-order valence-electron chi connectivity index (χ4n) is 2.92. The number of anilines is 1. The van der Waals surface area contributed by atoms with Gasteiger partial charge in [-0.2, -0.15) is 0 Å². The number of amides is 1. The molecule has 0 unspecified atom stereocenters. The van der Waals surface area contributed by atoms with Crippen LogP contribution in [0.5, 0.6) is 5.75 Å². The number of aromatic nitrogens is 1. The highest BCUT2D eigenvalue weighted by Gasteiger charge is 2.20. The minimum atomic E-state index is -0.518. The number of rotatable bonds is 5. The molecule has 1 aromatic heterocycles. The van der Waals surface area contributed by atoms with Crippen LogP contribution in [0.2, 0.25) is 0 Å². The lowest BCUT2D eigenvalue weighted by molar-refractivity contribution is -0.122. The molecular formula is C19H22N2O2. The maximum atomic E-state index is 12.5. The van der Waals surface area contributed by atoms with E-state index in [0.717, 1.165) is 24.2 Å². The number of nitrogens with one attached hydrogen (secondary N) is 1. The number of carbonyl (C=O) groups excluding carboxylic acids is 1. The van der Waals surface area contributed by atoms with Crippen LogP contribution in [0.25, 0.3) is 0 Å². The van der Waals surface area contributed by atoms with Crippen molar-refractivity contribution in [2.24, 2.45) is 0 Å². The molecule has 4 heteroatoms. The smallest absolute Gasteiger partial charge is 0.266 e. The number of benzene rings is 1. The molecule has 1 heterocycles. The summed E-state index contributed by atoms with van der Waals surface area (Å²) in [6, 6.07) is 9.93. The average Bonchev–Trinajstić information content (AvgIpc) is 3.02. The van der Waals surface area contributed by atoms with E-state index in [4.69, 9.17) is 4.74 Å². The highest BCUT2D eigenvalue weighted by Crippen LogP contribution is 2.27. The van der Waals surface area contributed by atoms with E-state index >= 15 is 0 Å². The summed E-state index contributed by atoms with van der Waals surface area (Å²) in [4.78, 5) is 16.7. The number of nitrogens with zero attached hydrogens (tertiary/aromatic N) is 1. The Morgan fingerprint density at radius 2 is 2.13 bits per heavy atom. The third-order valence-corrected chi connectivity index (χ3v) is 4.26. The van der Waals surface area contributed by atoms with Gasteiger partial charge in [0, 0.05) is 6.20 Å². The van der Waals surface area contributed by atoms with E-state index < -0.39 is 6.10 Å². The number of hydrogen-bond donors (Lipinski definition) is 1. The molecule has 2 aromatic rings. The van der Waals surface area contributed by atoms with E-state index in [2.05, 4.69) is 22.4 Å². The molecule has 1 atom stereocenters. The first-order chi connectivity index (χ1) is 11.2. The molecule has 1 aliphatic rings. The summed E-state index contributed by atoms with van der Waals surface area (Å²) in [6.45, 7) is 3.87. The summed E-state index contributed by atoms with van der Waals surface area (Å²) < 4.78 is 5.92. The quantitative estimate of drug-likeness (QED) is 0.916. The Labute approximate surface area is 136 Å². The maximum Gasteiger partial charge on any atom is 0.266 e. The molecule has 0 saturated heterocycles. The second-order valence-corrected chi connectivity index (χ2v) is 5.96. The van der Waals surface area contributed by atoms with Gasteiger partial charge in [0.15, 0.2) is 6.10 Å². The molecule has 1 aliphatic carbocycles. The minimum absolute atomic E-state index is 0.158. The van der Waals surface area contributed by atoms with Crippen LogP contribution in [0, 0.1) is 6.92 Å². The van der Waals surface area contributed by atoms with Gasteiger partial charge in [-0.05, 0) is 67.5 Å². The Morgan fingerprint density at radius 1 is 1.30 bits per heavy atom. The minimum Gasteiger partial charge on any atom is -0.481 e. The van der Waals surface area contributed by atoms with Crippen LogP contribution in [0.1, 0.15) is 36.5 Å². The average molecular weight is 310 g/mol. The normalized spacial score (nSPS) is 14.2. The van der Waals surface area contributed by atoms with Gasteiger partial charge in [0.2, 0.25) is 0 Å². The zero-order valence-electron chi connectivity index (χ0n) is 13.6. The molecule has 3 rings (SSSR count). The fraction of sp³-hybridized carbons (Fsp3) is 0.368. The van der Waals surface area contributed by atoms with Gasteiger partial charge in [-0.1, -0.05) is 19.1 Å². The predicted molar refractivity (Wildman–Crippen MR) is 90.8 cm³/mol. The maximum absolute atomic E-state index is 12.5. The third-order valence-electron chi connectivity index (χ3n) is 4.26. The monoisotopic (exact) mass is 310 g/mol. The van der Waals surface area contributed by atoms with E-state index in [1.807, 2.05) is 32.0 Å². The van der Waals surface area contributed by atoms with Crippen LogP contribution in [-0.2, 0) is 17.6 Å². The standard InChI is InChI=1S/C19H22N2O2/c1-3-17(19(22)21-18-13(2)6-5-11-20-18)23-16-10-9-14-7-4-8-15(14)12-16/h5-6,9-12,17H,3-4,7-8H2,1-2H3,(H,20,21,22)/t17-/m0/s1. The molecule has 0 saturated carbocycles. The first kappa shape index (κ1) is 15.5. The van der Waals surface area contributed by atoms with Crippen LogP contribution in [0.3, 0.4) is 0 Å². The van der Waals surface area contributed by atoms with Crippen molar-refractivity contribution in [3.63, 3.8) is 0 Å². The largest absolute Gasteiger partial charge is 0.481 e. The first-order valence-corrected chi connectivity index (χ1v) is 8.18. The Hall–Kier alpha value is -2.36. The SMILES string of the molecule is CC[C@H](Oc1ccc2c(c1)CCC2)C(=O)Nc1ncccc1C. The van der Waals surface area contributed by atoms with Gasteiger partial charge >= 0.3 is 0 Å². The second kappa shape index (κ2) is 6.82. The van der Waals surface area contributed by atoms with E-state index in [9.17, 15) is 4.79 Å². The topological polar surface area (TPSA) is 51.2 Å². The Kier molecular flexibility index (Phi) is 4.60. The Balaban J connectivity index is 1.70. The number of aryl methyl sites for hydroxylation is 3. The van der Waals surface area contributed by atoms with Crippen molar-refractivity contribution < 1.29 is 9.53 Å². The summed E-state index contributed by atoms with van der Waals surface area (Å²) >= 11 is 0. The van der Waals surface area contributed by atoms with E-state index in [0.29, 0.717) is 12.2 Å². The van der Waals surface area contributed by atoms with E-state index in [1.54, 1.807) is 6.20 Å². The predicted octanol–water partition coefficient (Wildman–Crippen LogP) is 3.67.